The first-order chi connectivity index (χ1) is 9.00. The second-order valence-corrected chi connectivity index (χ2v) is 4.82. The van der Waals surface area contributed by atoms with Gasteiger partial charge in [0.2, 0.25) is 0 Å². The number of nitrogens with one attached hydrogen (secondary N) is 1. The molecule has 0 saturated heterocycles. The average Bonchev–Trinajstić information content (AvgIpc) is 2.84. The molecule has 0 unspecified atom stereocenters. The summed E-state index contributed by atoms with van der Waals surface area (Å²) in [6.45, 7) is 1.72. The fraction of sp³-hybridized carbons (Fsp3) is 0.182. The molecule has 100 valence electrons. The monoisotopic (exact) mass is 303 g/mol. The first kappa shape index (κ1) is 13.8. The summed E-state index contributed by atoms with van der Waals surface area (Å²) in [5.41, 5.74) is 0.516. The number of aromatic nitrogens is 2. The van der Waals surface area contributed by atoms with E-state index in [0.29, 0.717) is 27.8 Å². The molecule has 0 spiro atoms. The zero-order chi connectivity index (χ0) is 14.0. The van der Waals surface area contributed by atoms with Crippen molar-refractivity contribution in [2.75, 3.05) is 5.32 Å². The minimum absolute atomic E-state index is 0.200. The average molecular weight is 304 g/mol. The second kappa shape index (κ2) is 5.58. The van der Waals surface area contributed by atoms with E-state index in [4.69, 9.17) is 11.6 Å². The minimum atomic E-state index is -2.83. The number of halogens is 3. The van der Waals surface area contributed by atoms with Crippen molar-refractivity contribution in [2.45, 2.75) is 13.3 Å². The zero-order valence-electron chi connectivity index (χ0n) is 9.65. The topological polar surface area (TPSA) is 54.9 Å². The fourth-order valence-electron chi connectivity index (χ4n) is 1.42. The molecule has 1 aromatic carbocycles. The fourth-order valence-corrected chi connectivity index (χ4v) is 2.16. The van der Waals surface area contributed by atoms with Gasteiger partial charge in [-0.1, -0.05) is 22.2 Å². The molecule has 19 heavy (non-hydrogen) atoms. The van der Waals surface area contributed by atoms with Crippen LogP contribution in [-0.4, -0.2) is 15.5 Å². The summed E-state index contributed by atoms with van der Waals surface area (Å²) in [5, 5.41) is 6.25. The number of amides is 1. The Morgan fingerprint density at radius 1 is 1.47 bits per heavy atom. The van der Waals surface area contributed by atoms with Crippen LogP contribution in [0, 0.1) is 6.92 Å². The van der Waals surface area contributed by atoms with Gasteiger partial charge in [-0.3, -0.25) is 4.79 Å². The number of carbonyl (C=O) groups excluding carboxylic acids is 1. The summed E-state index contributed by atoms with van der Waals surface area (Å²) in [5.74, 6) is -0.671. The molecule has 1 N–H and O–H groups in total. The smallest absolute Gasteiger partial charge is 0.283 e. The molecule has 0 bridgehead atoms. The maximum absolute atomic E-state index is 12.6. The summed E-state index contributed by atoms with van der Waals surface area (Å²) >= 11 is 6.54. The minimum Gasteiger partial charge on any atom is -0.321 e. The molecule has 0 saturated carbocycles. The lowest BCUT2D eigenvalue weighted by molar-refractivity contribution is 0.101. The first-order valence-electron chi connectivity index (χ1n) is 5.17. The molecule has 1 amide bonds. The summed E-state index contributed by atoms with van der Waals surface area (Å²) in [6, 6.07) is 4.96. The molecule has 4 nitrogen and oxygen atoms in total. The highest BCUT2D eigenvalue weighted by Crippen LogP contribution is 2.26. The SMILES string of the molecule is Cc1c(Cl)cccc1NC(=O)c1snnc1C(F)F. The van der Waals surface area contributed by atoms with E-state index in [9.17, 15) is 13.6 Å². The van der Waals surface area contributed by atoms with Gasteiger partial charge in [0.1, 0.15) is 4.88 Å². The Balaban J connectivity index is 2.26. The van der Waals surface area contributed by atoms with Crippen LogP contribution in [0.3, 0.4) is 0 Å². The van der Waals surface area contributed by atoms with Crippen LogP contribution in [0.2, 0.25) is 5.02 Å². The number of rotatable bonds is 3. The molecular weight excluding hydrogens is 296 g/mol. The molecule has 0 atom stereocenters. The number of anilines is 1. The largest absolute Gasteiger partial charge is 0.321 e. The van der Waals surface area contributed by atoms with Crippen LogP contribution in [0.15, 0.2) is 18.2 Å². The van der Waals surface area contributed by atoms with Gasteiger partial charge in [0, 0.05) is 10.7 Å². The third-order valence-electron chi connectivity index (χ3n) is 2.44. The van der Waals surface area contributed by atoms with Crippen LogP contribution >= 0.6 is 23.1 Å². The molecule has 0 aliphatic heterocycles. The quantitative estimate of drug-likeness (QED) is 0.941. The van der Waals surface area contributed by atoms with Crippen molar-refractivity contribution in [1.29, 1.82) is 0 Å². The van der Waals surface area contributed by atoms with Crippen LogP contribution in [0.25, 0.3) is 0 Å². The number of carbonyl (C=O) groups is 1. The lowest BCUT2D eigenvalue weighted by atomic mass is 10.2. The van der Waals surface area contributed by atoms with Gasteiger partial charge in [-0.15, -0.1) is 5.10 Å². The Bertz CT molecular complexity index is 618. The third-order valence-corrected chi connectivity index (χ3v) is 3.59. The Hall–Kier alpha value is -1.60. The van der Waals surface area contributed by atoms with E-state index in [-0.39, 0.29) is 4.88 Å². The number of alkyl halides is 2. The number of benzene rings is 1. The van der Waals surface area contributed by atoms with Gasteiger partial charge < -0.3 is 5.32 Å². The van der Waals surface area contributed by atoms with E-state index in [1.165, 1.54) is 0 Å². The molecule has 0 fully saturated rings. The summed E-state index contributed by atoms with van der Waals surface area (Å²) < 4.78 is 28.6. The molecule has 1 aromatic heterocycles. The molecular formula is C11H8ClF2N3OS. The van der Waals surface area contributed by atoms with E-state index in [2.05, 4.69) is 14.9 Å². The lowest BCUT2D eigenvalue weighted by Gasteiger charge is -2.08. The van der Waals surface area contributed by atoms with Crippen LogP contribution in [0.4, 0.5) is 14.5 Å². The number of nitrogens with zero attached hydrogens (tertiary/aromatic N) is 2. The van der Waals surface area contributed by atoms with Crippen molar-refractivity contribution in [3.63, 3.8) is 0 Å². The number of hydrogen-bond acceptors (Lipinski definition) is 4. The second-order valence-electron chi connectivity index (χ2n) is 3.65. The van der Waals surface area contributed by atoms with Gasteiger partial charge in [0.25, 0.3) is 12.3 Å². The normalized spacial score (nSPS) is 10.8. The van der Waals surface area contributed by atoms with Crippen molar-refractivity contribution in [2.24, 2.45) is 0 Å². The van der Waals surface area contributed by atoms with Gasteiger partial charge in [-0.25, -0.2) is 8.78 Å². The highest BCUT2D eigenvalue weighted by atomic mass is 35.5. The number of hydrogen-bond donors (Lipinski definition) is 1. The molecule has 0 radical (unpaired) electrons. The maximum Gasteiger partial charge on any atom is 0.283 e. The Labute approximate surface area is 116 Å². The molecule has 8 heteroatoms. The third kappa shape index (κ3) is 2.87. The van der Waals surface area contributed by atoms with Gasteiger partial charge in [-0.05, 0) is 36.2 Å². The predicted molar refractivity (Wildman–Crippen MR) is 69.0 cm³/mol. The standard InChI is InChI=1S/C11H8ClF2N3OS/c1-5-6(12)3-2-4-7(5)15-11(18)9-8(10(13)14)16-17-19-9/h2-4,10H,1H3,(H,15,18). The molecule has 2 aromatic rings. The molecule has 0 aliphatic rings. The van der Waals surface area contributed by atoms with Crippen LogP contribution in [-0.2, 0) is 0 Å². The van der Waals surface area contributed by atoms with Crippen LogP contribution in [0.1, 0.15) is 27.4 Å². The predicted octanol–water partition coefficient (Wildman–Crippen LogP) is 3.69. The van der Waals surface area contributed by atoms with Gasteiger partial charge in [0.15, 0.2) is 5.69 Å². The van der Waals surface area contributed by atoms with E-state index >= 15 is 0 Å². The maximum atomic E-state index is 12.6. The van der Waals surface area contributed by atoms with E-state index in [1.54, 1.807) is 25.1 Å². The van der Waals surface area contributed by atoms with Gasteiger partial charge >= 0.3 is 0 Å². The van der Waals surface area contributed by atoms with Gasteiger partial charge in [0.05, 0.1) is 0 Å². The summed E-state index contributed by atoms with van der Waals surface area (Å²) in [4.78, 5) is 11.7. The Morgan fingerprint density at radius 2 is 2.21 bits per heavy atom. The molecule has 0 aliphatic carbocycles. The molecule has 2 rings (SSSR count). The highest BCUT2D eigenvalue weighted by molar-refractivity contribution is 7.08. The van der Waals surface area contributed by atoms with Crippen LogP contribution < -0.4 is 5.32 Å². The summed E-state index contributed by atoms with van der Waals surface area (Å²) in [6.07, 6.45) is -2.83. The van der Waals surface area contributed by atoms with E-state index in [1.807, 2.05) is 0 Å². The zero-order valence-corrected chi connectivity index (χ0v) is 11.2. The van der Waals surface area contributed by atoms with Crippen molar-refractivity contribution in [3.05, 3.63) is 39.4 Å². The molecule has 1 heterocycles. The van der Waals surface area contributed by atoms with E-state index < -0.39 is 18.0 Å². The van der Waals surface area contributed by atoms with Gasteiger partial charge in [-0.2, -0.15) is 0 Å². The first-order valence-corrected chi connectivity index (χ1v) is 6.32. The Morgan fingerprint density at radius 3 is 2.89 bits per heavy atom. The van der Waals surface area contributed by atoms with Crippen molar-refractivity contribution < 1.29 is 13.6 Å². The van der Waals surface area contributed by atoms with E-state index in [0.717, 1.165) is 0 Å². The lowest BCUT2D eigenvalue weighted by Crippen LogP contribution is -2.13. The van der Waals surface area contributed by atoms with Crippen molar-refractivity contribution >= 4 is 34.7 Å². The highest BCUT2D eigenvalue weighted by Gasteiger charge is 2.23. The van der Waals surface area contributed by atoms with Crippen LogP contribution in [0.5, 0.6) is 0 Å². The Kier molecular flexibility index (Phi) is 4.06. The summed E-state index contributed by atoms with van der Waals surface area (Å²) in [7, 11) is 0. The van der Waals surface area contributed by atoms with Crippen molar-refractivity contribution in [3.8, 4) is 0 Å². The van der Waals surface area contributed by atoms with Crippen molar-refractivity contribution in [1.82, 2.24) is 9.59 Å².